The molecule has 4 N–H and O–H groups in total. The maximum absolute atomic E-state index is 11.3. The molecule has 1 aromatic carbocycles. The Bertz CT molecular complexity index is 569. The van der Waals surface area contributed by atoms with Gasteiger partial charge in [0, 0.05) is 13.1 Å². The SMILES string of the molecule is NNC(=O)c1ccc(CN(CCO)Cc2ccccc2)o1. The molecule has 0 aliphatic heterocycles. The zero-order valence-corrected chi connectivity index (χ0v) is 11.7. The summed E-state index contributed by atoms with van der Waals surface area (Å²) in [6.07, 6.45) is 0. The number of nitrogens with one attached hydrogen (secondary N) is 1. The number of benzene rings is 1. The van der Waals surface area contributed by atoms with Crippen LogP contribution in [0.2, 0.25) is 0 Å². The minimum absolute atomic E-state index is 0.0592. The Morgan fingerprint density at radius 2 is 1.95 bits per heavy atom. The quantitative estimate of drug-likeness (QED) is 0.400. The van der Waals surface area contributed by atoms with Crippen LogP contribution in [0.4, 0.5) is 0 Å². The molecular formula is C15H19N3O3. The van der Waals surface area contributed by atoms with Crippen molar-refractivity contribution in [2.24, 2.45) is 5.84 Å². The molecule has 21 heavy (non-hydrogen) atoms. The van der Waals surface area contributed by atoms with Crippen LogP contribution in [0.3, 0.4) is 0 Å². The maximum Gasteiger partial charge on any atom is 0.300 e. The van der Waals surface area contributed by atoms with Gasteiger partial charge in [0.05, 0.1) is 13.2 Å². The average Bonchev–Trinajstić information content (AvgIpc) is 2.96. The molecule has 0 spiro atoms. The third kappa shape index (κ3) is 4.42. The fourth-order valence-corrected chi connectivity index (χ4v) is 2.07. The zero-order valence-electron chi connectivity index (χ0n) is 11.7. The number of rotatable bonds is 7. The third-order valence-corrected chi connectivity index (χ3v) is 3.06. The van der Waals surface area contributed by atoms with Gasteiger partial charge in [-0.05, 0) is 17.7 Å². The van der Waals surface area contributed by atoms with Crippen molar-refractivity contribution >= 4 is 5.91 Å². The topological polar surface area (TPSA) is 91.7 Å². The molecule has 6 heteroatoms. The molecule has 0 fully saturated rings. The molecule has 0 aliphatic carbocycles. The molecule has 0 aliphatic rings. The number of nitrogens with two attached hydrogens (primary N) is 1. The Morgan fingerprint density at radius 3 is 2.62 bits per heavy atom. The van der Waals surface area contributed by atoms with Crippen molar-refractivity contribution in [3.8, 4) is 0 Å². The summed E-state index contributed by atoms with van der Waals surface area (Å²) in [5, 5.41) is 9.17. The Kier molecular flexibility index (Phi) is 5.51. The lowest BCUT2D eigenvalue weighted by Crippen LogP contribution is -2.29. The summed E-state index contributed by atoms with van der Waals surface area (Å²) in [6.45, 7) is 1.78. The van der Waals surface area contributed by atoms with Crippen molar-refractivity contribution in [3.63, 3.8) is 0 Å². The largest absolute Gasteiger partial charge is 0.455 e. The van der Waals surface area contributed by atoms with Gasteiger partial charge in [-0.25, -0.2) is 5.84 Å². The Morgan fingerprint density at radius 1 is 1.19 bits per heavy atom. The average molecular weight is 289 g/mol. The highest BCUT2D eigenvalue weighted by molar-refractivity contribution is 5.90. The first-order valence-corrected chi connectivity index (χ1v) is 6.69. The number of nitrogens with zero attached hydrogens (tertiary/aromatic N) is 1. The molecule has 0 unspecified atom stereocenters. The van der Waals surface area contributed by atoms with E-state index >= 15 is 0 Å². The maximum atomic E-state index is 11.3. The first-order chi connectivity index (χ1) is 10.2. The minimum atomic E-state index is -0.460. The van der Waals surface area contributed by atoms with Crippen LogP contribution in [0.1, 0.15) is 21.9 Å². The van der Waals surface area contributed by atoms with Crippen LogP contribution in [0, 0.1) is 0 Å². The van der Waals surface area contributed by atoms with Gasteiger partial charge >= 0.3 is 5.91 Å². The second kappa shape index (κ2) is 7.58. The summed E-state index contributed by atoms with van der Waals surface area (Å²) >= 11 is 0. The lowest BCUT2D eigenvalue weighted by Gasteiger charge is -2.20. The van der Waals surface area contributed by atoms with Crippen LogP contribution in [-0.4, -0.2) is 29.1 Å². The first kappa shape index (κ1) is 15.2. The lowest BCUT2D eigenvalue weighted by molar-refractivity contribution is 0.0920. The summed E-state index contributed by atoms with van der Waals surface area (Å²) in [4.78, 5) is 13.4. The second-order valence-corrected chi connectivity index (χ2v) is 4.66. The fraction of sp³-hybridized carbons (Fsp3) is 0.267. The summed E-state index contributed by atoms with van der Waals surface area (Å²) in [5.74, 6) is 5.43. The molecule has 0 saturated heterocycles. The molecule has 1 heterocycles. The summed E-state index contributed by atoms with van der Waals surface area (Å²) in [6, 6.07) is 13.3. The van der Waals surface area contributed by atoms with E-state index in [9.17, 15) is 9.90 Å². The normalized spacial score (nSPS) is 10.8. The zero-order chi connectivity index (χ0) is 15.1. The van der Waals surface area contributed by atoms with Crippen molar-refractivity contribution in [3.05, 3.63) is 59.5 Å². The highest BCUT2D eigenvalue weighted by Gasteiger charge is 2.13. The molecule has 1 amide bonds. The number of aliphatic hydroxyl groups is 1. The minimum Gasteiger partial charge on any atom is -0.455 e. The number of hydrazine groups is 1. The molecule has 2 rings (SSSR count). The van der Waals surface area contributed by atoms with E-state index < -0.39 is 5.91 Å². The fourth-order valence-electron chi connectivity index (χ4n) is 2.07. The number of aliphatic hydroxyl groups excluding tert-OH is 1. The Balaban J connectivity index is 2.02. The van der Waals surface area contributed by atoms with Gasteiger partial charge in [-0.1, -0.05) is 30.3 Å². The number of nitrogen functional groups attached to an aromatic ring is 1. The second-order valence-electron chi connectivity index (χ2n) is 4.66. The van der Waals surface area contributed by atoms with Crippen LogP contribution < -0.4 is 11.3 Å². The summed E-state index contributed by atoms with van der Waals surface area (Å²) in [7, 11) is 0. The van der Waals surface area contributed by atoms with Gasteiger partial charge in [-0.15, -0.1) is 0 Å². The van der Waals surface area contributed by atoms with Crippen molar-refractivity contribution < 1.29 is 14.3 Å². The highest BCUT2D eigenvalue weighted by atomic mass is 16.4. The van der Waals surface area contributed by atoms with E-state index in [1.807, 2.05) is 40.7 Å². The predicted molar refractivity (Wildman–Crippen MR) is 78.0 cm³/mol. The van der Waals surface area contributed by atoms with E-state index in [4.69, 9.17) is 10.3 Å². The number of hydrogen-bond acceptors (Lipinski definition) is 5. The van der Waals surface area contributed by atoms with Crippen LogP contribution in [0.25, 0.3) is 0 Å². The number of hydrogen-bond donors (Lipinski definition) is 3. The molecule has 2 aromatic rings. The van der Waals surface area contributed by atoms with E-state index in [1.165, 1.54) is 0 Å². The molecule has 1 aromatic heterocycles. The molecule has 6 nitrogen and oxygen atoms in total. The smallest absolute Gasteiger partial charge is 0.300 e. The predicted octanol–water partition coefficient (Wildman–Crippen LogP) is 0.878. The van der Waals surface area contributed by atoms with E-state index in [0.29, 0.717) is 25.4 Å². The molecule has 0 saturated carbocycles. The number of carbonyl (C=O) groups is 1. The van der Waals surface area contributed by atoms with Gasteiger partial charge in [0.1, 0.15) is 5.76 Å². The van der Waals surface area contributed by atoms with Crippen molar-refractivity contribution in [2.45, 2.75) is 13.1 Å². The standard InChI is InChI=1S/C15H19N3O3/c16-17-15(20)14-7-6-13(21-14)11-18(8-9-19)10-12-4-2-1-3-5-12/h1-7,19H,8-11,16H2,(H,17,20). The van der Waals surface area contributed by atoms with E-state index in [2.05, 4.69) is 0 Å². The Hall–Kier alpha value is -2.15. The van der Waals surface area contributed by atoms with E-state index in [0.717, 1.165) is 5.56 Å². The van der Waals surface area contributed by atoms with E-state index in [-0.39, 0.29) is 12.4 Å². The van der Waals surface area contributed by atoms with Gasteiger partial charge in [0.2, 0.25) is 0 Å². The first-order valence-electron chi connectivity index (χ1n) is 6.69. The van der Waals surface area contributed by atoms with Crippen LogP contribution in [-0.2, 0) is 13.1 Å². The number of furan rings is 1. The molecule has 0 bridgehead atoms. The number of carbonyl (C=O) groups excluding carboxylic acids is 1. The number of amides is 1. The van der Waals surface area contributed by atoms with Gasteiger partial charge in [0.15, 0.2) is 5.76 Å². The summed E-state index contributed by atoms with van der Waals surface area (Å²) in [5.41, 5.74) is 3.18. The van der Waals surface area contributed by atoms with Gasteiger partial charge in [0.25, 0.3) is 0 Å². The van der Waals surface area contributed by atoms with Crippen LogP contribution in [0.15, 0.2) is 46.9 Å². The van der Waals surface area contributed by atoms with Crippen molar-refractivity contribution in [1.82, 2.24) is 10.3 Å². The molecule has 0 radical (unpaired) electrons. The van der Waals surface area contributed by atoms with Crippen molar-refractivity contribution in [2.75, 3.05) is 13.2 Å². The van der Waals surface area contributed by atoms with Gasteiger partial charge < -0.3 is 9.52 Å². The molecule has 112 valence electrons. The third-order valence-electron chi connectivity index (χ3n) is 3.06. The van der Waals surface area contributed by atoms with Crippen LogP contribution in [0.5, 0.6) is 0 Å². The van der Waals surface area contributed by atoms with Gasteiger partial charge in [-0.2, -0.15) is 0 Å². The summed E-state index contributed by atoms with van der Waals surface area (Å²) < 4.78 is 5.44. The lowest BCUT2D eigenvalue weighted by atomic mass is 10.2. The molecule has 0 atom stereocenters. The Labute approximate surface area is 123 Å². The van der Waals surface area contributed by atoms with Crippen LogP contribution >= 0.6 is 0 Å². The van der Waals surface area contributed by atoms with Gasteiger partial charge in [-0.3, -0.25) is 15.1 Å². The van der Waals surface area contributed by atoms with Crippen molar-refractivity contribution in [1.29, 1.82) is 0 Å². The highest BCUT2D eigenvalue weighted by Crippen LogP contribution is 2.13. The molecular weight excluding hydrogens is 270 g/mol. The van der Waals surface area contributed by atoms with E-state index in [1.54, 1.807) is 12.1 Å². The monoisotopic (exact) mass is 289 g/mol.